The number of likely N-dealkylation sites (tertiary alicyclic amines) is 1. The van der Waals surface area contributed by atoms with Crippen LogP contribution in [0.4, 0.5) is 10.2 Å². The van der Waals surface area contributed by atoms with E-state index in [9.17, 15) is 14.7 Å². The van der Waals surface area contributed by atoms with Crippen LogP contribution in [-0.2, 0) is 20.9 Å². The van der Waals surface area contributed by atoms with E-state index in [1.165, 1.54) is 11.0 Å². The van der Waals surface area contributed by atoms with Crippen LogP contribution in [0.1, 0.15) is 119 Å². The quantitative estimate of drug-likeness (QED) is 0.0555. The molecule has 7 heterocycles. The van der Waals surface area contributed by atoms with Gasteiger partial charge in [0, 0.05) is 84.2 Å². The summed E-state index contributed by atoms with van der Waals surface area (Å²) in [6.07, 6.45) is 12.5. The third-order valence-corrected chi connectivity index (χ3v) is 16.7. The van der Waals surface area contributed by atoms with Crippen molar-refractivity contribution in [2.24, 2.45) is 5.92 Å². The topological polar surface area (TPSA) is 211 Å². The lowest BCUT2D eigenvalue weighted by Gasteiger charge is -2.30. The minimum absolute atomic E-state index is 0.159. The highest BCUT2D eigenvalue weighted by molar-refractivity contribution is 6.06. The van der Waals surface area contributed by atoms with Crippen molar-refractivity contribution in [3.05, 3.63) is 125 Å². The number of aryl methyl sites for hydroxylation is 1. The standard InChI is InChI=1S/C42H48FN9O3.C20H23N3O3.C2H6/c1-22(2)25(5)52-19-36(49-50-52)28-9-7-26(8-10-28)21-54-40-38(37-24(4)34(43)15-35-33(37)17-45-48-35)31(27-11-12-27)14-32-39(40)46-42(55-20-23(3)53-6)47-41(32)51-18-29-13-30(51)16-44-29;1-14-8-9-21-11-17(14)15-4-6-16(7-5-15)18(12-24)22-20(26)19-3-2-10-23(19)13-25;1-2/h7-10,14-15,17,19,22-23,25,27,29-30,44H,11-13,16,18,20-21H2,1-6H3,(H,45,48);4-9,11,13,18-19,24H,2-3,10,12H2,1H3,(H,22,26);1-2H3/t23-,25?,29?,30?;;/m0../s1. The number of benzene rings is 4. The second-order valence-electron chi connectivity index (χ2n) is 22.5. The fraction of sp³-hybridized carbons (Fsp3) is 0.438. The monoisotopic (exact) mass is 1130 g/mol. The van der Waals surface area contributed by atoms with Crippen molar-refractivity contribution < 1.29 is 33.3 Å². The Bertz CT molecular complexity index is 3550. The number of H-pyrrole nitrogens is 1. The Morgan fingerprint density at radius 1 is 0.940 bits per heavy atom. The van der Waals surface area contributed by atoms with E-state index < -0.39 is 12.1 Å². The van der Waals surface area contributed by atoms with Crippen LogP contribution in [0.2, 0.25) is 0 Å². The maximum absolute atomic E-state index is 15.8. The molecule has 19 heteroatoms. The molecular weight excluding hydrogens is 1050 g/mol. The maximum atomic E-state index is 15.8. The van der Waals surface area contributed by atoms with Crippen molar-refractivity contribution in [2.45, 2.75) is 136 Å². The zero-order valence-electron chi connectivity index (χ0n) is 49.0. The molecule has 8 aromatic rings. The number of fused-ring (bicyclic) bond motifs is 4. The predicted octanol–water partition coefficient (Wildman–Crippen LogP) is 10.4. The van der Waals surface area contributed by atoms with Gasteiger partial charge in [-0.05, 0) is 123 Å². The highest BCUT2D eigenvalue weighted by Gasteiger charge is 2.41. The first-order chi connectivity index (χ1) is 40.3. The number of amides is 2. The van der Waals surface area contributed by atoms with Crippen LogP contribution in [0.25, 0.3) is 55.3 Å². The van der Waals surface area contributed by atoms with Crippen molar-refractivity contribution in [1.29, 1.82) is 0 Å². The van der Waals surface area contributed by atoms with Crippen LogP contribution in [0.15, 0.2) is 91.5 Å². The van der Waals surface area contributed by atoms with E-state index in [1.54, 1.807) is 19.5 Å². The number of piperazine rings is 1. The van der Waals surface area contributed by atoms with Gasteiger partial charge in [-0.1, -0.05) is 81.4 Å². The number of rotatable bonds is 19. The van der Waals surface area contributed by atoms with Crippen molar-refractivity contribution in [3.8, 4) is 45.3 Å². The second-order valence-corrected chi connectivity index (χ2v) is 22.5. The zero-order valence-corrected chi connectivity index (χ0v) is 49.0. The molecule has 4 aromatic carbocycles. The van der Waals surface area contributed by atoms with E-state index in [0.29, 0.717) is 59.2 Å². The lowest BCUT2D eigenvalue weighted by Crippen LogP contribution is -2.44. The molecule has 0 radical (unpaired) electrons. The molecule has 3 aliphatic heterocycles. The molecule has 6 atom stereocenters. The van der Waals surface area contributed by atoms with E-state index in [0.717, 1.165) is 118 Å². The van der Waals surface area contributed by atoms with Crippen LogP contribution in [0.5, 0.6) is 11.8 Å². The van der Waals surface area contributed by atoms with E-state index >= 15 is 4.39 Å². The molecule has 4 fully saturated rings. The number of ether oxygens (including phenoxy) is 3. The van der Waals surface area contributed by atoms with Crippen LogP contribution in [0, 0.1) is 25.6 Å². The van der Waals surface area contributed by atoms with Gasteiger partial charge < -0.3 is 39.8 Å². The van der Waals surface area contributed by atoms with Gasteiger partial charge in [0.1, 0.15) is 42.1 Å². The number of hydrogen-bond donors (Lipinski definition) is 4. The highest BCUT2D eigenvalue weighted by atomic mass is 19.1. The minimum Gasteiger partial charge on any atom is -0.486 e. The number of aliphatic hydroxyl groups excluding tert-OH is 1. The molecule has 4 N–H and O–H groups in total. The summed E-state index contributed by atoms with van der Waals surface area (Å²) in [6.45, 7) is 19.0. The van der Waals surface area contributed by atoms with Gasteiger partial charge in [-0.25, -0.2) is 9.07 Å². The predicted molar refractivity (Wildman–Crippen MR) is 320 cm³/mol. The van der Waals surface area contributed by atoms with Crippen LogP contribution in [0.3, 0.4) is 0 Å². The summed E-state index contributed by atoms with van der Waals surface area (Å²) in [7, 11) is 1.66. The van der Waals surface area contributed by atoms with Crippen molar-refractivity contribution in [3.63, 3.8) is 0 Å². The molecule has 83 heavy (non-hydrogen) atoms. The number of anilines is 1. The van der Waals surface area contributed by atoms with Crippen molar-refractivity contribution in [1.82, 2.24) is 55.7 Å². The third-order valence-electron chi connectivity index (χ3n) is 16.7. The lowest BCUT2D eigenvalue weighted by molar-refractivity contribution is -0.131. The average molecular weight is 1130 g/mol. The first kappa shape index (κ1) is 58.3. The lowest BCUT2D eigenvalue weighted by atomic mass is 9.88. The molecule has 4 aromatic heterocycles. The molecule has 436 valence electrons. The van der Waals surface area contributed by atoms with Gasteiger partial charge >= 0.3 is 6.01 Å². The Kier molecular flexibility index (Phi) is 18.1. The summed E-state index contributed by atoms with van der Waals surface area (Å²) in [4.78, 5) is 41.8. The highest BCUT2D eigenvalue weighted by Crippen LogP contribution is 2.53. The van der Waals surface area contributed by atoms with Gasteiger partial charge in [0.05, 0.1) is 42.7 Å². The second kappa shape index (κ2) is 25.7. The van der Waals surface area contributed by atoms with E-state index in [-0.39, 0.29) is 49.7 Å². The molecule has 5 unspecified atom stereocenters. The van der Waals surface area contributed by atoms with Crippen LogP contribution < -0.4 is 25.0 Å². The molecule has 12 rings (SSSR count). The summed E-state index contributed by atoms with van der Waals surface area (Å²) >= 11 is 0. The van der Waals surface area contributed by atoms with Gasteiger partial charge in [0.15, 0.2) is 5.75 Å². The smallest absolute Gasteiger partial charge is 0.319 e. The number of carbonyl (C=O) groups is 2. The molecular formula is C64H77FN12O6. The van der Waals surface area contributed by atoms with Crippen molar-refractivity contribution in [2.75, 3.05) is 44.9 Å². The number of aromatic amines is 1. The number of carbonyl (C=O) groups excluding carboxylic acids is 2. The number of pyridine rings is 1. The number of hydrogen-bond acceptors (Lipinski definition) is 14. The summed E-state index contributed by atoms with van der Waals surface area (Å²) in [5, 5.41) is 34.1. The normalized spacial score (nSPS) is 18.4. The van der Waals surface area contributed by atoms with Crippen LogP contribution >= 0.6 is 0 Å². The molecule has 1 saturated carbocycles. The van der Waals surface area contributed by atoms with Gasteiger partial charge in [-0.15, -0.1) is 5.10 Å². The fourth-order valence-electron chi connectivity index (χ4n) is 11.4. The first-order valence-corrected chi connectivity index (χ1v) is 29.2. The molecule has 3 saturated heterocycles. The molecule has 0 spiro atoms. The average Bonchev–Trinajstić information content (AvgIpc) is 3.47. The Hall–Kier alpha value is -7.87. The molecule has 1 aliphatic carbocycles. The summed E-state index contributed by atoms with van der Waals surface area (Å²) in [5.41, 5.74) is 11.3. The van der Waals surface area contributed by atoms with Crippen LogP contribution in [-0.4, -0.2) is 127 Å². The van der Waals surface area contributed by atoms with E-state index in [1.807, 2.05) is 82.0 Å². The Morgan fingerprint density at radius 3 is 2.39 bits per heavy atom. The Balaban J connectivity index is 0.000000230. The Morgan fingerprint density at radius 2 is 1.71 bits per heavy atom. The van der Waals surface area contributed by atoms with Gasteiger partial charge in [0.25, 0.3) is 0 Å². The summed E-state index contributed by atoms with van der Waals surface area (Å²) < 4.78 is 36.6. The molecule has 2 amide bonds. The number of aromatic nitrogens is 8. The number of halogens is 1. The largest absolute Gasteiger partial charge is 0.486 e. The summed E-state index contributed by atoms with van der Waals surface area (Å²) in [6, 6.07) is 21.9. The Labute approximate surface area is 484 Å². The fourth-order valence-corrected chi connectivity index (χ4v) is 11.4. The van der Waals surface area contributed by atoms with E-state index in [2.05, 4.69) is 92.1 Å². The zero-order chi connectivity index (χ0) is 58.5. The number of nitrogens with one attached hydrogen (secondary N) is 3. The van der Waals surface area contributed by atoms with Gasteiger partial charge in [0.2, 0.25) is 12.3 Å². The number of methoxy groups -OCH3 is 1. The first-order valence-electron chi connectivity index (χ1n) is 29.2. The molecule has 18 nitrogen and oxygen atoms in total. The van der Waals surface area contributed by atoms with Gasteiger partial charge in [-0.2, -0.15) is 15.1 Å². The van der Waals surface area contributed by atoms with Gasteiger partial charge in [-0.3, -0.25) is 19.7 Å². The molecule has 4 aliphatic rings. The minimum atomic E-state index is -0.499. The number of aliphatic hydroxyl groups is 1. The van der Waals surface area contributed by atoms with Crippen molar-refractivity contribution >= 4 is 39.9 Å². The van der Waals surface area contributed by atoms with E-state index in [4.69, 9.17) is 24.2 Å². The molecule has 2 bridgehead atoms. The third kappa shape index (κ3) is 12.4. The number of nitrogens with zero attached hydrogens (tertiary/aromatic N) is 9. The maximum Gasteiger partial charge on any atom is 0.319 e. The SMILES string of the molecule is CC.CO[C@@H](C)COc1nc(N2CC3CC2CN3)c2cc(C3CC3)c(-c3c(C)c(F)cc4[nH]ncc34)c(OCc3ccc(-c4cn(C(C)C(C)C)nn4)cc3)c2n1.Cc1ccncc1-c1ccc(C(CO)NC(=O)C2CCCN2C=O)cc1. The summed E-state index contributed by atoms with van der Waals surface area (Å²) in [5.74, 6) is 1.62.